The van der Waals surface area contributed by atoms with Crippen LogP contribution in [0, 0.1) is 0 Å². The van der Waals surface area contributed by atoms with Crippen LogP contribution >= 0.6 is 23.2 Å². The van der Waals surface area contributed by atoms with E-state index in [9.17, 15) is 31.2 Å². The number of piperidine rings is 1. The van der Waals surface area contributed by atoms with Crippen molar-refractivity contribution in [1.82, 2.24) is 20.1 Å². The summed E-state index contributed by atoms with van der Waals surface area (Å²) in [4.78, 5) is 33.8. The van der Waals surface area contributed by atoms with Gasteiger partial charge in [0.05, 0.1) is 26.7 Å². The maximum absolute atomic E-state index is 14.1. The van der Waals surface area contributed by atoms with Crippen molar-refractivity contribution >= 4 is 67.4 Å². The summed E-state index contributed by atoms with van der Waals surface area (Å²) in [6.07, 6.45) is -3.43. The molecule has 0 unspecified atom stereocenters. The number of anilines is 2. The van der Waals surface area contributed by atoms with Crippen molar-refractivity contribution in [1.29, 1.82) is 0 Å². The number of aromatic amines is 1. The molecule has 2 aromatic heterocycles. The second-order valence-corrected chi connectivity index (χ2v) is 14.7. The minimum absolute atomic E-state index is 0.0115. The van der Waals surface area contributed by atoms with Crippen LogP contribution in [0.15, 0.2) is 58.5 Å². The van der Waals surface area contributed by atoms with E-state index in [2.05, 4.69) is 25.4 Å². The van der Waals surface area contributed by atoms with Gasteiger partial charge in [0.25, 0.3) is 5.91 Å². The number of benzene rings is 2. The second kappa shape index (κ2) is 13.9. The predicted octanol–water partition coefficient (Wildman–Crippen LogP) is 6.23. The number of nitrogens with zero attached hydrogens (tertiary/aromatic N) is 4. The number of sulfone groups is 1. The number of alkyl halides is 3. The first-order chi connectivity index (χ1) is 23.2. The Labute approximate surface area is 289 Å². The van der Waals surface area contributed by atoms with Gasteiger partial charge in [-0.15, -0.1) is 0 Å². The zero-order valence-corrected chi connectivity index (χ0v) is 28.4. The van der Waals surface area contributed by atoms with Crippen LogP contribution < -0.4 is 10.2 Å². The van der Waals surface area contributed by atoms with E-state index in [1.165, 1.54) is 42.5 Å². The van der Waals surface area contributed by atoms with Crippen LogP contribution in [-0.4, -0.2) is 85.9 Å². The highest BCUT2D eigenvalue weighted by Gasteiger charge is 2.46. The van der Waals surface area contributed by atoms with E-state index in [-0.39, 0.29) is 75.0 Å². The number of ether oxygens (including phenoxy) is 1. The molecule has 2 amide bonds. The molecule has 2 N–H and O–H groups in total. The maximum Gasteiger partial charge on any atom is 0.471 e. The standard InChI is InChI=1S/C32H31Cl2F3N6O5S/c1-42-12-8-18(9-13-42)19-2-4-22(25(16-19)43(31(45)32(35,36)37)21-10-14-48-15-11-21)30(44)39-29-28-24(40-41-29)6-7-27(38-28)49(46,47)26-17-20(33)3-5-23(26)34/h2-7,16-18,21H,8-15H2,1H3,(H2,39,40,41,44). The lowest BCUT2D eigenvalue weighted by atomic mass is 9.88. The SMILES string of the molecule is CN1CCC(c2ccc(C(=O)Nc3n[nH]c4ccc(S(=O)(=O)c5cc(Cl)ccc5Cl)nc34)c(N(C(=O)C(F)(F)F)C3CCOCC3)c2)CC1. The van der Waals surface area contributed by atoms with E-state index in [0.29, 0.717) is 10.5 Å². The summed E-state index contributed by atoms with van der Waals surface area (Å²) in [5, 5.41) is 8.96. The molecule has 2 aromatic carbocycles. The number of pyridine rings is 1. The van der Waals surface area contributed by atoms with Crippen LogP contribution in [0.3, 0.4) is 0 Å². The van der Waals surface area contributed by atoms with Gasteiger partial charge in [-0.2, -0.15) is 18.3 Å². The van der Waals surface area contributed by atoms with Crippen LogP contribution in [0.1, 0.15) is 47.5 Å². The average molecular weight is 740 g/mol. The van der Waals surface area contributed by atoms with Crippen LogP contribution in [0.25, 0.3) is 11.0 Å². The zero-order chi connectivity index (χ0) is 35.1. The summed E-state index contributed by atoms with van der Waals surface area (Å²) >= 11 is 12.2. The summed E-state index contributed by atoms with van der Waals surface area (Å²) < 4.78 is 74.7. The first-order valence-electron chi connectivity index (χ1n) is 15.4. The van der Waals surface area contributed by atoms with Gasteiger partial charge in [0.2, 0.25) is 9.84 Å². The molecular formula is C32H31Cl2F3N6O5S. The lowest BCUT2D eigenvalue weighted by Crippen LogP contribution is -2.50. The Morgan fingerprint density at radius 1 is 1.02 bits per heavy atom. The molecule has 49 heavy (non-hydrogen) atoms. The van der Waals surface area contributed by atoms with E-state index < -0.39 is 38.9 Å². The Morgan fingerprint density at radius 2 is 1.73 bits per heavy atom. The summed E-state index contributed by atoms with van der Waals surface area (Å²) in [5.74, 6) is -3.13. The van der Waals surface area contributed by atoms with Crippen molar-refractivity contribution in [3.8, 4) is 0 Å². The lowest BCUT2D eigenvalue weighted by molar-refractivity contribution is -0.171. The number of aromatic nitrogens is 3. The largest absolute Gasteiger partial charge is 0.471 e. The van der Waals surface area contributed by atoms with Crippen LogP contribution in [0.5, 0.6) is 0 Å². The highest BCUT2D eigenvalue weighted by molar-refractivity contribution is 7.91. The molecule has 2 saturated heterocycles. The minimum Gasteiger partial charge on any atom is -0.381 e. The van der Waals surface area contributed by atoms with Crippen molar-refractivity contribution in [2.45, 2.75) is 53.7 Å². The molecule has 4 aromatic rings. The van der Waals surface area contributed by atoms with Crippen LogP contribution in [-0.2, 0) is 19.4 Å². The third-order valence-corrected chi connectivity index (χ3v) is 11.2. The number of amides is 2. The molecule has 0 bridgehead atoms. The summed E-state index contributed by atoms with van der Waals surface area (Å²) in [7, 11) is -2.29. The Hall–Kier alpha value is -3.76. The number of carbonyl (C=O) groups is 2. The van der Waals surface area contributed by atoms with Gasteiger partial charge in [0, 0.05) is 24.3 Å². The highest BCUT2D eigenvalue weighted by Crippen LogP contribution is 2.37. The molecular weight excluding hydrogens is 708 g/mol. The fraction of sp³-hybridized carbons (Fsp3) is 0.375. The number of hydrogen-bond donors (Lipinski definition) is 2. The number of carbonyl (C=O) groups excluding carboxylic acids is 2. The van der Waals surface area contributed by atoms with Gasteiger partial charge in [-0.1, -0.05) is 29.3 Å². The van der Waals surface area contributed by atoms with Gasteiger partial charge >= 0.3 is 12.1 Å². The van der Waals surface area contributed by atoms with Crippen LogP contribution in [0.2, 0.25) is 10.0 Å². The Balaban J connectivity index is 1.40. The smallest absolute Gasteiger partial charge is 0.381 e. The fourth-order valence-electron chi connectivity index (χ4n) is 6.18. The number of nitrogens with one attached hydrogen (secondary N) is 2. The van der Waals surface area contributed by atoms with Crippen molar-refractivity contribution in [2.24, 2.45) is 0 Å². The third-order valence-electron chi connectivity index (χ3n) is 8.81. The topological polar surface area (TPSA) is 138 Å². The maximum atomic E-state index is 14.1. The number of rotatable bonds is 7. The van der Waals surface area contributed by atoms with E-state index in [1.54, 1.807) is 6.07 Å². The number of likely N-dealkylation sites (tertiary alicyclic amines) is 1. The highest BCUT2D eigenvalue weighted by atomic mass is 35.5. The number of halogens is 5. The molecule has 2 aliphatic heterocycles. The first kappa shape index (κ1) is 35.1. The Bertz CT molecular complexity index is 2010. The monoisotopic (exact) mass is 738 g/mol. The van der Waals surface area contributed by atoms with E-state index in [1.807, 2.05) is 7.05 Å². The normalized spacial score (nSPS) is 16.9. The molecule has 0 saturated carbocycles. The molecule has 11 nitrogen and oxygen atoms in total. The van der Waals surface area contributed by atoms with Crippen molar-refractivity contribution in [3.63, 3.8) is 0 Å². The van der Waals surface area contributed by atoms with Crippen molar-refractivity contribution in [2.75, 3.05) is 43.6 Å². The van der Waals surface area contributed by atoms with Gasteiger partial charge in [-0.3, -0.25) is 14.7 Å². The quantitative estimate of drug-likeness (QED) is 0.228. The second-order valence-electron chi connectivity index (χ2n) is 12.0. The molecule has 0 atom stereocenters. The summed E-state index contributed by atoms with van der Waals surface area (Å²) in [5.41, 5.74) is 0.555. The first-order valence-corrected chi connectivity index (χ1v) is 17.6. The molecule has 0 radical (unpaired) electrons. The third kappa shape index (κ3) is 7.26. The molecule has 6 rings (SSSR count). The number of H-pyrrole nitrogens is 1. The van der Waals surface area contributed by atoms with E-state index in [0.717, 1.165) is 25.9 Å². The Kier molecular flexibility index (Phi) is 9.93. The number of hydrogen-bond acceptors (Lipinski definition) is 8. The molecule has 2 fully saturated rings. The van der Waals surface area contributed by atoms with Gasteiger partial charge in [0.1, 0.15) is 5.52 Å². The molecule has 17 heteroatoms. The van der Waals surface area contributed by atoms with Crippen molar-refractivity contribution < 1.29 is 35.9 Å². The van der Waals surface area contributed by atoms with Crippen molar-refractivity contribution in [3.05, 3.63) is 69.7 Å². The predicted molar refractivity (Wildman–Crippen MR) is 177 cm³/mol. The van der Waals surface area contributed by atoms with Gasteiger partial charge < -0.3 is 19.9 Å². The van der Waals surface area contributed by atoms with E-state index in [4.69, 9.17) is 27.9 Å². The van der Waals surface area contributed by atoms with Gasteiger partial charge in [-0.25, -0.2) is 13.4 Å². The molecule has 0 aliphatic carbocycles. The zero-order valence-electron chi connectivity index (χ0n) is 26.1. The lowest BCUT2D eigenvalue weighted by Gasteiger charge is -2.36. The molecule has 4 heterocycles. The molecule has 2 aliphatic rings. The summed E-state index contributed by atoms with van der Waals surface area (Å²) in [6.45, 7) is 1.87. The fourth-order valence-corrected chi connectivity index (χ4v) is 8.13. The minimum atomic E-state index is -5.22. The number of fused-ring (bicyclic) bond motifs is 1. The van der Waals surface area contributed by atoms with Gasteiger partial charge in [0.15, 0.2) is 10.8 Å². The average Bonchev–Trinajstić information content (AvgIpc) is 3.48. The molecule has 260 valence electrons. The van der Waals surface area contributed by atoms with Gasteiger partial charge in [-0.05, 0) is 99.8 Å². The van der Waals surface area contributed by atoms with E-state index >= 15 is 0 Å². The summed E-state index contributed by atoms with van der Waals surface area (Å²) in [6, 6.07) is 10.3. The Morgan fingerprint density at radius 3 is 2.43 bits per heavy atom. The van der Waals surface area contributed by atoms with Crippen LogP contribution in [0.4, 0.5) is 24.7 Å². The molecule has 0 spiro atoms.